The standard InChI is InChI=1S/C24H28O2/c1-3-23-15-16-6-5-11-22-12-9-18(25)14-17(22)7-8-19(21(16)22)20(23)10-13-24(23,26)4-2/h2,6-7,10,13,19-21,26H,3,5,8-9,11-12,14-15H2,1H3/t19?,20?,21?,22-,23-,24-/m0/s1. The number of fused-ring (bicyclic) bond motifs is 2. The molecule has 0 amide bonds. The highest BCUT2D eigenvalue weighted by molar-refractivity contribution is 5.83. The fraction of sp³-hybridized carbons (Fsp3) is 0.625. The Hall–Kier alpha value is -1.59. The molecule has 6 atom stereocenters. The van der Waals surface area contributed by atoms with Crippen LogP contribution in [0.1, 0.15) is 58.3 Å². The van der Waals surface area contributed by atoms with Crippen molar-refractivity contribution in [2.75, 3.05) is 0 Å². The summed E-state index contributed by atoms with van der Waals surface area (Å²) >= 11 is 0. The lowest BCUT2D eigenvalue weighted by Gasteiger charge is -2.62. The highest BCUT2D eigenvalue weighted by atomic mass is 16.3. The maximum Gasteiger partial charge on any atom is 0.150 e. The Morgan fingerprint density at radius 3 is 2.96 bits per heavy atom. The molecule has 0 aromatic rings. The molecule has 5 rings (SSSR count). The van der Waals surface area contributed by atoms with Crippen LogP contribution in [0.2, 0.25) is 0 Å². The minimum absolute atomic E-state index is 0.200. The molecule has 0 aromatic heterocycles. The monoisotopic (exact) mass is 348 g/mol. The molecule has 5 aliphatic rings. The number of carbonyl (C=O) groups is 1. The van der Waals surface area contributed by atoms with Crippen molar-refractivity contribution in [1.82, 2.24) is 0 Å². The van der Waals surface area contributed by atoms with Gasteiger partial charge in [0.25, 0.3) is 0 Å². The van der Waals surface area contributed by atoms with Crippen LogP contribution in [-0.4, -0.2) is 16.5 Å². The van der Waals surface area contributed by atoms with Gasteiger partial charge in [0, 0.05) is 18.3 Å². The van der Waals surface area contributed by atoms with Gasteiger partial charge in [-0.05, 0) is 67.8 Å². The van der Waals surface area contributed by atoms with Gasteiger partial charge < -0.3 is 5.11 Å². The average Bonchev–Trinajstić information content (AvgIpc) is 2.96. The first kappa shape index (κ1) is 16.6. The summed E-state index contributed by atoms with van der Waals surface area (Å²) in [5, 5.41) is 11.3. The Labute approximate surface area is 156 Å². The van der Waals surface area contributed by atoms with Crippen LogP contribution in [0.25, 0.3) is 0 Å². The van der Waals surface area contributed by atoms with E-state index in [2.05, 4.69) is 31.1 Å². The fourth-order valence-corrected chi connectivity index (χ4v) is 7.54. The van der Waals surface area contributed by atoms with Crippen molar-refractivity contribution in [3.05, 3.63) is 35.5 Å². The van der Waals surface area contributed by atoms with Gasteiger partial charge in [-0.3, -0.25) is 4.79 Å². The smallest absolute Gasteiger partial charge is 0.150 e. The summed E-state index contributed by atoms with van der Waals surface area (Å²) in [6.07, 6.45) is 22.4. The van der Waals surface area contributed by atoms with Crippen molar-refractivity contribution >= 4 is 5.78 Å². The molecule has 5 aliphatic carbocycles. The zero-order valence-corrected chi connectivity index (χ0v) is 15.6. The Morgan fingerprint density at radius 1 is 1.35 bits per heavy atom. The van der Waals surface area contributed by atoms with Crippen LogP contribution in [0.15, 0.2) is 35.5 Å². The number of hydrogen-bond donors (Lipinski definition) is 1. The molecule has 3 unspecified atom stereocenters. The van der Waals surface area contributed by atoms with Crippen LogP contribution in [-0.2, 0) is 4.79 Å². The van der Waals surface area contributed by atoms with E-state index in [0.29, 0.717) is 30.0 Å². The molecule has 136 valence electrons. The van der Waals surface area contributed by atoms with E-state index < -0.39 is 5.60 Å². The van der Waals surface area contributed by atoms with E-state index in [9.17, 15) is 9.90 Å². The summed E-state index contributed by atoms with van der Waals surface area (Å²) in [5.74, 6) is 4.54. The van der Waals surface area contributed by atoms with Crippen LogP contribution in [0.3, 0.4) is 0 Å². The second-order valence-electron chi connectivity index (χ2n) is 9.28. The van der Waals surface area contributed by atoms with Gasteiger partial charge in [0.2, 0.25) is 0 Å². The third kappa shape index (κ3) is 1.76. The third-order valence-electron chi connectivity index (χ3n) is 8.71. The van der Waals surface area contributed by atoms with E-state index in [1.54, 1.807) is 0 Å². The maximum absolute atomic E-state index is 12.1. The first-order valence-electron chi connectivity index (χ1n) is 10.3. The summed E-state index contributed by atoms with van der Waals surface area (Å²) in [7, 11) is 0. The molecule has 0 aliphatic heterocycles. The van der Waals surface area contributed by atoms with Gasteiger partial charge in [-0.1, -0.05) is 42.2 Å². The van der Waals surface area contributed by atoms with Gasteiger partial charge in [-0.2, -0.15) is 0 Å². The van der Waals surface area contributed by atoms with Crippen LogP contribution < -0.4 is 0 Å². The highest BCUT2D eigenvalue weighted by Gasteiger charge is 2.65. The molecule has 0 saturated heterocycles. The van der Waals surface area contributed by atoms with Gasteiger partial charge in [0.15, 0.2) is 0 Å². The number of allylic oxidation sites excluding steroid dienone is 5. The van der Waals surface area contributed by atoms with E-state index in [0.717, 1.165) is 38.5 Å². The number of Topliss-reactive ketones (excluding diaryl/α,β-unsaturated/α-hetero) is 1. The predicted octanol–water partition coefficient (Wildman–Crippen LogP) is 4.36. The second kappa shape index (κ2) is 5.23. The predicted molar refractivity (Wildman–Crippen MR) is 102 cm³/mol. The van der Waals surface area contributed by atoms with Crippen LogP contribution in [0.5, 0.6) is 0 Å². The molecule has 0 aromatic carbocycles. The topological polar surface area (TPSA) is 37.3 Å². The zero-order chi connectivity index (χ0) is 18.2. The first-order chi connectivity index (χ1) is 12.5. The van der Waals surface area contributed by atoms with E-state index >= 15 is 0 Å². The lowest BCUT2D eigenvalue weighted by molar-refractivity contribution is -0.122. The van der Waals surface area contributed by atoms with Crippen molar-refractivity contribution in [2.24, 2.45) is 28.6 Å². The fourth-order valence-electron chi connectivity index (χ4n) is 7.54. The summed E-state index contributed by atoms with van der Waals surface area (Å²) in [6.45, 7) is 2.19. The minimum atomic E-state index is -1.13. The lowest BCUT2D eigenvalue weighted by atomic mass is 9.42. The van der Waals surface area contributed by atoms with Crippen LogP contribution >= 0.6 is 0 Å². The first-order valence-corrected chi connectivity index (χ1v) is 10.3. The number of aliphatic hydroxyl groups is 1. The molecule has 2 nitrogen and oxygen atoms in total. The number of ketones is 1. The molecule has 2 heteroatoms. The molecular weight excluding hydrogens is 320 g/mol. The molecule has 0 radical (unpaired) electrons. The van der Waals surface area contributed by atoms with Crippen LogP contribution in [0, 0.1) is 40.9 Å². The van der Waals surface area contributed by atoms with Gasteiger partial charge in [-0.25, -0.2) is 0 Å². The number of hydrogen-bond acceptors (Lipinski definition) is 2. The average molecular weight is 348 g/mol. The largest absolute Gasteiger partial charge is 0.373 e. The molecule has 26 heavy (non-hydrogen) atoms. The van der Waals surface area contributed by atoms with Crippen molar-refractivity contribution in [1.29, 1.82) is 0 Å². The second-order valence-corrected chi connectivity index (χ2v) is 9.28. The van der Waals surface area contributed by atoms with Gasteiger partial charge in [-0.15, -0.1) is 6.42 Å². The summed E-state index contributed by atoms with van der Waals surface area (Å²) in [4.78, 5) is 12.1. The summed E-state index contributed by atoms with van der Waals surface area (Å²) in [6, 6.07) is 0. The van der Waals surface area contributed by atoms with Crippen molar-refractivity contribution in [3.8, 4) is 12.3 Å². The molecule has 2 saturated carbocycles. The Balaban J connectivity index is 1.66. The quantitative estimate of drug-likeness (QED) is 0.565. The summed E-state index contributed by atoms with van der Waals surface area (Å²) < 4.78 is 0. The highest BCUT2D eigenvalue weighted by Crippen LogP contribution is 2.69. The van der Waals surface area contributed by atoms with Gasteiger partial charge in [0.05, 0.1) is 0 Å². The molecule has 0 bridgehead atoms. The molecule has 1 N–H and O–H groups in total. The molecule has 1 spiro atoms. The molecule has 0 heterocycles. The molecule has 2 fully saturated rings. The third-order valence-corrected chi connectivity index (χ3v) is 8.71. The van der Waals surface area contributed by atoms with Gasteiger partial charge in [0.1, 0.15) is 11.4 Å². The Bertz CT molecular complexity index is 809. The van der Waals surface area contributed by atoms with E-state index in [-0.39, 0.29) is 10.8 Å². The summed E-state index contributed by atoms with van der Waals surface area (Å²) in [5.41, 5.74) is 1.76. The van der Waals surface area contributed by atoms with Crippen molar-refractivity contribution in [3.63, 3.8) is 0 Å². The van der Waals surface area contributed by atoms with E-state index in [1.165, 1.54) is 17.6 Å². The van der Waals surface area contributed by atoms with Crippen molar-refractivity contribution in [2.45, 2.75) is 63.9 Å². The number of rotatable bonds is 1. The Morgan fingerprint density at radius 2 is 2.19 bits per heavy atom. The zero-order valence-electron chi connectivity index (χ0n) is 15.6. The van der Waals surface area contributed by atoms with Crippen molar-refractivity contribution < 1.29 is 9.90 Å². The number of terminal acetylenes is 1. The molecular formula is C24H28O2. The van der Waals surface area contributed by atoms with E-state index in [4.69, 9.17) is 6.42 Å². The van der Waals surface area contributed by atoms with Crippen LogP contribution in [0.4, 0.5) is 0 Å². The normalized spacial score (nSPS) is 48.7. The lowest BCUT2D eigenvalue weighted by Crippen LogP contribution is -2.57. The SMILES string of the molecule is C#C[C@]1(O)C=CC2C3CC=C4CC(=O)CC[C@@]45CCC=C(C[C@@]21CC)C35. The minimum Gasteiger partial charge on any atom is -0.373 e. The van der Waals surface area contributed by atoms with Gasteiger partial charge >= 0.3 is 0 Å². The van der Waals surface area contributed by atoms with E-state index in [1.807, 2.05) is 6.08 Å². The number of carbonyl (C=O) groups excluding carboxylic acids is 1. The Kier molecular flexibility index (Phi) is 3.33. The maximum atomic E-state index is 12.1.